The second kappa shape index (κ2) is 5.84. The van der Waals surface area contributed by atoms with Crippen molar-refractivity contribution in [2.75, 3.05) is 26.2 Å². The molecule has 0 radical (unpaired) electrons. The molecule has 2 saturated heterocycles. The van der Waals surface area contributed by atoms with Gasteiger partial charge in [0.05, 0.1) is 6.10 Å². The van der Waals surface area contributed by atoms with E-state index in [-0.39, 0.29) is 6.10 Å². The molecule has 2 aliphatic heterocycles. The van der Waals surface area contributed by atoms with Crippen molar-refractivity contribution in [3.8, 4) is 0 Å². The third-order valence-corrected chi connectivity index (χ3v) is 4.95. The Kier molecular flexibility index (Phi) is 4.11. The van der Waals surface area contributed by atoms with Gasteiger partial charge in [0.1, 0.15) is 0 Å². The molecular weight excluding hydrogens is 248 g/mol. The predicted molar refractivity (Wildman–Crippen MR) is 81.9 cm³/mol. The Balaban J connectivity index is 1.63. The molecule has 0 spiro atoms. The van der Waals surface area contributed by atoms with Gasteiger partial charge < -0.3 is 5.11 Å². The molecule has 1 aromatic rings. The summed E-state index contributed by atoms with van der Waals surface area (Å²) in [5.41, 5.74) is 1.42. The summed E-state index contributed by atoms with van der Waals surface area (Å²) in [4.78, 5) is 5.08. The van der Waals surface area contributed by atoms with E-state index in [0.717, 1.165) is 32.6 Å². The van der Waals surface area contributed by atoms with Gasteiger partial charge in [0.15, 0.2) is 0 Å². The molecule has 0 aromatic heterocycles. The zero-order valence-corrected chi connectivity index (χ0v) is 12.6. The summed E-state index contributed by atoms with van der Waals surface area (Å²) in [5, 5.41) is 9.83. The van der Waals surface area contributed by atoms with E-state index in [0.29, 0.717) is 18.0 Å². The molecule has 2 heterocycles. The Hall–Kier alpha value is -0.900. The Morgan fingerprint density at radius 1 is 1.20 bits per heavy atom. The van der Waals surface area contributed by atoms with Crippen LogP contribution in [0, 0.1) is 0 Å². The summed E-state index contributed by atoms with van der Waals surface area (Å²) < 4.78 is 0. The van der Waals surface area contributed by atoms with Crippen LogP contribution in [0.2, 0.25) is 0 Å². The third-order valence-electron chi connectivity index (χ3n) is 4.95. The fourth-order valence-electron chi connectivity index (χ4n) is 3.77. The molecule has 0 bridgehead atoms. The molecule has 2 fully saturated rings. The fraction of sp³-hybridized carbons (Fsp3) is 0.647. The first kappa shape index (κ1) is 14.1. The van der Waals surface area contributed by atoms with Gasteiger partial charge in [-0.25, -0.2) is 0 Å². The zero-order valence-electron chi connectivity index (χ0n) is 12.6. The topological polar surface area (TPSA) is 26.7 Å². The summed E-state index contributed by atoms with van der Waals surface area (Å²) in [6.45, 7) is 8.83. The van der Waals surface area contributed by atoms with Gasteiger partial charge >= 0.3 is 0 Å². The Bertz CT molecular complexity index is 436. The van der Waals surface area contributed by atoms with Gasteiger partial charge in [0.2, 0.25) is 0 Å². The third kappa shape index (κ3) is 2.90. The minimum Gasteiger partial charge on any atom is -0.392 e. The molecule has 4 atom stereocenters. The molecule has 3 nitrogen and oxygen atoms in total. The van der Waals surface area contributed by atoms with E-state index in [1.54, 1.807) is 0 Å². The second-order valence-corrected chi connectivity index (χ2v) is 6.61. The zero-order chi connectivity index (χ0) is 14.1. The van der Waals surface area contributed by atoms with E-state index in [4.69, 9.17) is 0 Å². The largest absolute Gasteiger partial charge is 0.392 e. The van der Waals surface area contributed by atoms with Gasteiger partial charge in [-0.1, -0.05) is 37.3 Å². The minimum atomic E-state index is -0.112. The van der Waals surface area contributed by atoms with Crippen LogP contribution in [-0.2, 0) is 0 Å². The molecule has 110 valence electrons. The average molecular weight is 274 g/mol. The number of nitrogens with zero attached hydrogens (tertiary/aromatic N) is 2. The van der Waals surface area contributed by atoms with Crippen molar-refractivity contribution >= 4 is 0 Å². The van der Waals surface area contributed by atoms with E-state index in [9.17, 15) is 5.11 Å². The van der Waals surface area contributed by atoms with Gasteiger partial charge in [-0.2, -0.15) is 0 Å². The number of rotatable bonds is 3. The Morgan fingerprint density at radius 3 is 2.70 bits per heavy atom. The average Bonchev–Trinajstić information content (AvgIpc) is 2.79. The van der Waals surface area contributed by atoms with Crippen molar-refractivity contribution in [3.05, 3.63) is 35.9 Å². The highest BCUT2D eigenvalue weighted by molar-refractivity contribution is 5.19. The lowest BCUT2D eigenvalue weighted by atomic mass is 9.98. The van der Waals surface area contributed by atoms with Crippen molar-refractivity contribution in [1.82, 2.24) is 9.80 Å². The van der Waals surface area contributed by atoms with Crippen LogP contribution in [0.5, 0.6) is 0 Å². The van der Waals surface area contributed by atoms with E-state index in [2.05, 4.69) is 54.0 Å². The second-order valence-electron chi connectivity index (χ2n) is 6.61. The van der Waals surface area contributed by atoms with Crippen LogP contribution >= 0.6 is 0 Å². The predicted octanol–water partition coefficient (Wildman–Crippen LogP) is 1.93. The van der Waals surface area contributed by atoms with Crippen LogP contribution in [-0.4, -0.2) is 59.3 Å². The normalized spacial score (nSPS) is 33.0. The van der Waals surface area contributed by atoms with Crippen LogP contribution < -0.4 is 0 Å². The number of benzene rings is 1. The van der Waals surface area contributed by atoms with Gasteiger partial charge in [-0.3, -0.25) is 9.80 Å². The van der Waals surface area contributed by atoms with Crippen LogP contribution in [0.1, 0.15) is 31.7 Å². The number of hydrogen-bond donors (Lipinski definition) is 1. The number of fused-ring (bicyclic) bond motifs is 1. The Labute approximate surface area is 122 Å². The first-order chi connectivity index (χ1) is 9.63. The smallest absolute Gasteiger partial charge is 0.0682 e. The first-order valence-corrected chi connectivity index (χ1v) is 7.84. The molecule has 20 heavy (non-hydrogen) atoms. The quantitative estimate of drug-likeness (QED) is 0.912. The highest BCUT2D eigenvalue weighted by Gasteiger charge is 2.38. The summed E-state index contributed by atoms with van der Waals surface area (Å²) >= 11 is 0. The van der Waals surface area contributed by atoms with Crippen molar-refractivity contribution in [2.24, 2.45) is 0 Å². The molecule has 0 amide bonds. The minimum absolute atomic E-state index is 0.112. The molecule has 3 rings (SSSR count). The highest BCUT2D eigenvalue weighted by Crippen LogP contribution is 2.27. The lowest BCUT2D eigenvalue weighted by Crippen LogP contribution is -2.55. The number of hydrogen-bond acceptors (Lipinski definition) is 3. The first-order valence-electron chi connectivity index (χ1n) is 7.84. The lowest BCUT2D eigenvalue weighted by Gasteiger charge is -2.43. The fourth-order valence-corrected chi connectivity index (χ4v) is 3.77. The lowest BCUT2D eigenvalue weighted by molar-refractivity contribution is 0.0549. The van der Waals surface area contributed by atoms with Crippen LogP contribution in [0.15, 0.2) is 30.3 Å². The monoisotopic (exact) mass is 274 g/mol. The van der Waals surface area contributed by atoms with Crippen molar-refractivity contribution in [3.63, 3.8) is 0 Å². The van der Waals surface area contributed by atoms with Crippen molar-refractivity contribution in [1.29, 1.82) is 0 Å². The number of aliphatic hydroxyl groups is 1. The summed E-state index contributed by atoms with van der Waals surface area (Å²) in [6, 6.07) is 11.9. The van der Waals surface area contributed by atoms with Crippen LogP contribution in [0.3, 0.4) is 0 Å². The molecule has 0 saturated carbocycles. The standard InChI is InChI=1S/C17H26N2O/c1-13(15-6-4-3-5-7-15)9-18-11-16-8-17(20)12-19(16)10-14(18)2/h3-7,13-14,16-17,20H,8-12H2,1-2H3/t13?,14-,16?,17-/m1/s1. The van der Waals surface area contributed by atoms with Gasteiger partial charge in [0.25, 0.3) is 0 Å². The van der Waals surface area contributed by atoms with E-state index < -0.39 is 0 Å². The molecule has 1 N–H and O–H groups in total. The van der Waals surface area contributed by atoms with Crippen molar-refractivity contribution < 1.29 is 5.11 Å². The SMILES string of the molecule is CC(CN1CC2C[C@@H](O)CN2C[C@H]1C)c1ccccc1. The van der Waals surface area contributed by atoms with Gasteiger partial charge in [-0.05, 0) is 24.8 Å². The van der Waals surface area contributed by atoms with E-state index in [1.807, 2.05) is 0 Å². The van der Waals surface area contributed by atoms with Crippen molar-refractivity contribution in [2.45, 2.75) is 44.4 Å². The maximum Gasteiger partial charge on any atom is 0.0682 e. The highest BCUT2D eigenvalue weighted by atomic mass is 16.3. The molecule has 2 aliphatic rings. The molecule has 3 heteroatoms. The molecule has 0 aliphatic carbocycles. The number of piperazine rings is 1. The van der Waals surface area contributed by atoms with Gasteiger partial charge in [0, 0.05) is 38.3 Å². The molecular formula is C17H26N2O. The number of aliphatic hydroxyl groups excluding tert-OH is 1. The maximum absolute atomic E-state index is 9.83. The van der Waals surface area contributed by atoms with Gasteiger partial charge in [-0.15, -0.1) is 0 Å². The Morgan fingerprint density at radius 2 is 1.95 bits per heavy atom. The summed E-state index contributed by atoms with van der Waals surface area (Å²) in [5.74, 6) is 0.566. The summed E-state index contributed by atoms with van der Waals surface area (Å²) in [6.07, 6.45) is 0.835. The van der Waals surface area contributed by atoms with E-state index >= 15 is 0 Å². The van der Waals surface area contributed by atoms with Crippen LogP contribution in [0.25, 0.3) is 0 Å². The maximum atomic E-state index is 9.83. The summed E-state index contributed by atoms with van der Waals surface area (Å²) in [7, 11) is 0. The van der Waals surface area contributed by atoms with E-state index in [1.165, 1.54) is 5.56 Å². The molecule has 2 unspecified atom stereocenters. The molecule has 1 aromatic carbocycles. The van der Waals surface area contributed by atoms with Crippen LogP contribution in [0.4, 0.5) is 0 Å².